The molecular formula is C18H22N4O2S. The molecule has 3 N–H and O–H groups in total. The lowest BCUT2D eigenvalue weighted by molar-refractivity contribution is -0.121. The minimum atomic E-state index is -0.441. The van der Waals surface area contributed by atoms with Crippen LogP contribution < -0.4 is 10.6 Å². The Labute approximate surface area is 151 Å². The van der Waals surface area contributed by atoms with E-state index in [9.17, 15) is 9.90 Å². The van der Waals surface area contributed by atoms with Crippen LogP contribution in [0.5, 0.6) is 5.75 Å². The van der Waals surface area contributed by atoms with Crippen molar-refractivity contribution in [2.24, 2.45) is 5.92 Å². The molecule has 1 heterocycles. The van der Waals surface area contributed by atoms with Crippen LogP contribution in [0.15, 0.2) is 24.3 Å². The lowest BCUT2D eigenvalue weighted by atomic mass is 10.0. The van der Waals surface area contributed by atoms with E-state index in [-0.39, 0.29) is 18.2 Å². The summed E-state index contributed by atoms with van der Waals surface area (Å²) >= 11 is 1.30. The summed E-state index contributed by atoms with van der Waals surface area (Å²) in [6.45, 7) is 5.99. The van der Waals surface area contributed by atoms with Gasteiger partial charge in [0.05, 0.1) is 11.8 Å². The number of carbonyl (C=O) groups is 1. The second kappa shape index (κ2) is 8.49. The van der Waals surface area contributed by atoms with Crippen LogP contribution in [-0.2, 0) is 4.79 Å². The number of hydrogen-bond donors (Lipinski definition) is 3. The van der Waals surface area contributed by atoms with Crippen molar-refractivity contribution in [3.63, 3.8) is 0 Å². The molecule has 0 aliphatic rings. The van der Waals surface area contributed by atoms with E-state index in [0.29, 0.717) is 12.3 Å². The summed E-state index contributed by atoms with van der Waals surface area (Å²) in [5.74, 6) is 0.321. The van der Waals surface area contributed by atoms with Gasteiger partial charge in [0, 0.05) is 5.56 Å². The molecule has 2 rings (SSSR count). The summed E-state index contributed by atoms with van der Waals surface area (Å²) in [6, 6.07) is 8.38. The van der Waals surface area contributed by atoms with E-state index in [1.54, 1.807) is 12.1 Å². The number of anilines is 1. The average Bonchev–Trinajstić information content (AvgIpc) is 2.93. The Balaban J connectivity index is 2.29. The summed E-state index contributed by atoms with van der Waals surface area (Å²) in [4.78, 5) is 12.4. The molecule has 2 aromatic rings. The Hall–Kier alpha value is -2.59. The maximum atomic E-state index is 12.4. The van der Waals surface area contributed by atoms with Crippen LogP contribution in [0.2, 0.25) is 0 Å². The molecule has 0 aliphatic heterocycles. The highest BCUT2D eigenvalue weighted by molar-refractivity contribution is 7.11. The van der Waals surface area contributed by atoms with Crippen molar-refractivity contribution in [2.45, 2.75) is 33.2 Å². The van der Waals surface area contributed by atoms with Crippen molar-refractivity contribution in [1.29, 1.82) is 5.26 Å². The number of phenols is 1. The van der Waals surface area contributed by atoms with Crippen molar-refractivity contribution < 1.29 is 9.90 Å². The van der Waals surface area contributed by atoms with Gasteiger partial charge < -0.3 is 15.7 Å². The molecule has 0 spiro atoms. The van der Waals surface area contributed by atoms with E-state index >= 15 is 0 Å². The van der Waals surface area contributed by atoms with Gasteiger partial charge in [0.1, 0.15) is 23.3 Å². The molecule has 0 aliphatic carbocycles. The molecule has 1 atom stereocenters. The number of hydrogen-bond acceptors (Lipinski definition) is 6. The number of aromatic nitrogens is 1. The highest BCUT2D eigenvalue weighted by Crippen LogP contribution is 2.36. The second-order valence-electron chi connectivity index (χ2n) is 6.22. The van der Waals surface area contributed by atoms with E-state index in [2.05, 4.69) is 15.0 Å². The topological polar surface area (TPSA) is 98.0 Å². The summed E-state index contributed by atoms with van der Waals surface area (Å²) < 4.78 is 4.40. The van der Waals surface area contributed by atoms with Crippen molar-refractivity contribution >= 4 is 22.4 Å². The third-order valence-corrected chi connectivity index (χ3v) is 4.56. The van der Waals surface area contributed by atoms with Crippen molar-refractivity contribution in [2.75, 3.05) is 11.9 Å². The molecule has 1 aromatic heterocycles. The van der Waals surface area contributed by atoms with Crippen LogP contribution in [0, 0.1) is 24.2 Å². The molecule has 0 fully saturated rings. The Morgan fingerprint density at radius 2 is 2.04 bits per heavy atom. The smallest absolute Gasteiger partial charge is 0.243 e. The van der Waals surface area contributed by atoms with E-state index < -0.39 is 6.04 Å². The van der Waals surface area contributed by atoms with Gasteiger partial charge >= 0.3 is 0 Å². The highest BCUT2D eigenvalue weighted by Gasteiger charge is 2.23. The van der Waals surface area contributed by atoms with Gasteiger partial charge in [-0.3, -0.25) is 4.79 Å². The number of nitriles is 1. The Bertz CT molecular complexity index is 762. The first-order valence-corrected chi connectivity index (χ1v) is 8.86. The van der Waals surface area contributed by atoms with E-state index in [1.165, 1.54) is 11.5 Å². The summed E-state index contributed by atoms with van der Waals surface area (Å²) in [7, 11) is 0. The maximum absolute atomic E-state index is 12.4. The minimum absolute atomic E-state index is 0.0123. The summed E-state index contributed by atoms with van der Waals surface area (Å²) in [5.41, 5.74) is 2.71. The van der Waals surface area contributed by atoms with E-state index in [4.69, 9.17) is 5.26 Å². The fraction of sp³-hybridized carbons (Fsp3) is 0.389. The monoisotopic (exact) mass is 358 g/mol. The van der Waals surface area contributed by atoms with Gasteiger partial charge in [-0.05, 0) is 48.5 Å². The largest absolute Gasteiger partial charge is 0.508 e. The van der Waals surface area contributed by atoms with E-state index in [0.717, 1.165) is 21.8 Å². The molecule has 1 amide bonds. The van der Waals surface area contributed by atoms with Gasteiger partial charge in [-0.2, -0.15) is 9.64 Å². The number of amides is 1. The van der Waals surface area contributed by atoms with Crippen molar-refractivity contribution in [1.82, 2.24) is 9.69 Å². The quantitative estimate of drug-likeness (QED) is 0.660. The van der Waals surface area contributed by atoms with Crippen LogP contribution in [0.3, 0.4) is 0 Å². The number of benzene rings is 1. The average molecular weight is 358 g/mol. The number of nitrogens with one attached hydrogen (secondary N) is 2. The lowest BCUT2D eigenvalue weighted by Crippen LogP contribution is -2.40. The molecule has 7 heteroatoms. The second-order valence-corrected chi connectivity index (χ2v) is 6.99. The van der Waals surface area contributed by atoms with Gasteiger partial charge in [-0.25, -0.2) is 0 Å². The molecule has 25 heavy (non-hydrogen) atoms. The molecule has 0 bridgehead atoms. The van der Waals surface area contributed by atoms with E-state index in [1.807, 2.05) is 39.0 Å². The number of nitrogens with zero attached hydrogens (tertiary/aromatic N) is 2. The SMILES string of the molecule is Cc1nsc(N[C@@H](CC(C)C)C(=O)NCC#N)c1-c1ccc(O)cc1. The molecule has 0 radical (unpaired) electrons. The molecule has 0 saturated heterocycles. The normalized spacial score (nSPS) is 11.8. The zero-order valence-corrected chi connectivity index (χ0v) is 15.4. The summed E-state index contributed by atoms with van der Waals surface area (Å²) in [5, 5.41) is 24.9. The van der Waals surface area contributed by atoms with Crippen LogP contribution in [0.4, 0.5) is 5.00 Å². The lowest BCUT2D eigenvalue weighted by Gasteiger charge is -2.20. The molecule has 0 saturated carbocycles. The number of phenolic OH excluding ortho intramolecular Hbond substituents is 1. The molecule has 1 aromatic carbocycles. The van der Waals surface area contributed by atoms with Crippen LogP contribution >= 0.6 is 11.5 Å². The van der Waals surface area contributed by atoms with Gasteiger partial charge in [0.2, 0.25) is 5.91 Å². The first-order chi connectivity index (χ1) is 11.9. The first kappa shape index (κ1) is 18.7. The van der Waals surface area contributed by atoms with Gasteiger partial charge in [-0.1, -0.05) is 26.0 Å². The first-order valence-electron chi connectivity index (χ1n) is 8.09. The number of carbonyl (C=O) groups excluding carboxylic acids is 1. The molecule has 6 nitrogen and oxygen atoms in total. The van der Waals surface area contributed by atoms with Crippen LogP contribution in [0.1, 0.15) is 26.0 Å². The minimum Gasteiger partial charge on any atom is -0.508 e. The van der Waals surface area contributed by atoms with Crippen molar-refractivity contribution in [3.05, 3.63) is 30.0 Å². The zero-order chi connectivity index (χ0) is 18.4. The highest BCUT2D eigenvalue weighted by atomic mass is 32.1. The Morgan fingerprint density at radius 1 is 1.36 bits per heavy atom. The third kappa shape index (κ3) is 4.94. The predicted octanol–water partition coefficient (Wildman–Crippen LogP) is 3.29. The summed E-state index contributed by atoms with van der Waals surface area (Å²) in [6.07, 6.45) is 0.642. The Kier molecular flexibility index (Phi) is 6.37. The Morgan fingerprint density at radius 3 is 2.64 bits per heavy atom. The fourth-order valence-corrected chi connectivity index (χ4v) is 3.42. The third-order valence-electron chi connectivity index (χ3n) is 3.69. The number of aryl methyl sites for hydroxylation is 1. The van der Waals surface area contributed by atoms with Gasteiger partial charge in [-0.15, -0.1) is 0 Å². The fourth-order valence-electron chi connectivity index (χ4n) is 2.55. The number of rotatable bonds is 7. The van der Waals surface area contributed by atoms with Gasteiger partial charge in [0.25, 0.3) is 0 Å². The zero-order valence-electron chi connectivity index (χ0n) is 14.5. The standard InChI is InChI=1S/C18H22N4O2S/c1-11(2)10-15(17(24)20-9-8-19)21-18-16(12(3)22-25-18)13-4-6-14(23)7-5-13/h4-7,11,15,21,23H,9-10H2,1-3H3,(H,20,24)/t15-/m0/s1. The van der Waals surface area contributed by atoms with Crippen LogP contribution in [-0.4, -0.2) is 28.0 Å². The molecule has 0 unspecified atom stereocenters. The maximum Gasteiger partial charge on any atom is 0.243 e. The molecular weight excluding hydrogens is 336 g/mol. The van der Waals surface area contributed by atoms with Gasteiger partial charge in [0.15, 0.2) is 0 Å². The predicted molar refractivity (Wildman–Crippen MR) is 99.4 cm³/mol. The van der Waals surface area contributed by atoms with Crippen molar-refractivity contribution in [3.8, 4) is 22.9 Å². The van der Waals surface area contributed by atoms with Crippen LogP contribution in [0.25, 0.3) is 11.1 Å². The molecule has 132 valence electrons. The number of aromatic hydroxyl groups is 1.